The largest absolute Gasteiger partial charge is 0.310 e. The number of nitrogens with one attached hydrogen (secondary N) is 1. The van der Waals surface area contributed by atoms with Crippen LogP contribution in [0.1, 0.15) is 57.8 Å². The van der Waals surface area contributed by atoms with Crippen LogP contribution in [-0.4, -0.2) is 29.5 Å². The van der Waals surface area contributed by atoms with E-state index in [4.69, 9.17) is 0 Å². The molecule has 1 N–H and O–H groups in total. The topological polar surface area (TPSA) is 45.2 Å². The van der Waals surface area contributed by atoms with Crippen LogP contribution in [0.3, 0.4) is 0 Å². The van der Waals surface area contributed by atoms with Gasteiger partial charge in [0.25, 0.3) is 0 Å². The lowest BCUT2D eigenvalue weighted by Gasteiger charge is -2.35. The fourth-order valence-electron chi connectivity index (χ4n) is 3.71. The summed E-state index contributed by atoms with van der Waals surface area (Å²) in [6.07, 6.45) is 14.7. The maximum atomic E-state index is 12.8. The Morgan fingerprint density at radius 2 is 1.82 bits per heavy atom. The lowest BCUT2D eigenvalue weighted by molar-refractivity contribution is -0.122. The number of hydrogen-bond acceptors (Lipinski definition) is 3. The van der Waals surface area contributed by atoms with Gasteiger partial charge in [-0.15, -0.1) is 0 Å². The number of pyridine rings is 1. The molecule has 4 heteroatoms. The molecule has 1 aromatic rings. The number of amides is 1. The first kappa shape index (κ1) is 15.5. The molecule has 0 spiro atoms. The smallest absolute Gasteiger partial charge is 0.244 e. The van der Waals surface area contributed by atoms with Gasteiger partial charge in [0.2, 0.25) is 5.91 Å². The summed E-state index contributed by atoms with van der Waals surface area (Å²) in [5.74, 6) is 0.223. The summed E-state index contributed by atoms with van der Waals surface area (Å²) in [5.41, 5.74) is 0.927. The lowest BCUT2D eigenvalue weighted by atomic mass is 9.94. The van der Waals surface area contributed by atoms with Gasteiger partial charge in [0, 0.05) is 18.8 Å². The number of piperidine rings is 1. The number of hydrogen-bond donors (Lipinski definition) is 1. The highest BCUT2D eigenvalue weighted by Crippen LogP contribution is 2.22. The van der Waals surface area contributed by atoms with Crippen LogP contribution < -0.4 is 10.2 Å². The molecule has 2 aliphatic rings. The zero-order chi connectivity index (χ0) is 15.2. The molecule has 22 heavy (non-hydrogen) atoms. The minimum atomic E-state index is -0.0154. The van der Waals surface area contributed by atoms with Gasteiger partial charge in [-0.2, -0.15) is 0 Å². The summed E-state index contributed by atoms with van der Waals surface area (Å²) in [4.78, 5) is 18.8. The first-order chi connectivity index (χ1) is 10.8. The van der Waals surface area contributed by atoms with Crippen molar-refractivity contribution in [1.29, 1.82) is 0 Å². The normalized spacial score (nSPS) is 24.8. The average molecular weight is 301 g/mol. The van der Waals surface area contributed by atoms with Crippen LogP contribution in [0.25, 0.3) is 0 Å². The molecule has 1 unspecified atom stereocenters. The van der Waals surface area contributed by atoms with Crippen molar-refractivity contribution in [3.63, 3.8) is 0 Å². The van der Waals surface area contributed by atoms with Crippen LogP contribution in [0, 0.1) is 0 Å². The van der Waals surface area contributed by atoms with Crippen molar-refractivity contribution < 1.29 is 4.79 Å². The molecule has 1 saturated heterocycles. The van der Waals surface area contributed by atoms with Crippen LogP contribution >= 0.6 is 0 Å². The van der Waals surface area contributed by atoms with Gasteiger partial charge >= 0.3 is 0 Å². The van der Waals surface area contributed by atoms with Crippen LogP contribution in [0.2, 0.25) is 0 Å². The molecule has 0 aromatic carbocycles. The molecule has 2 heterocycles. The molecule has 1 aliphatic carbocycles. The third kappa shape index (κ3) is 3.86. The Kier molecular flexibility index (Phi) is 5.43. The summed E-state index contributed by atoms with van der Waals surface area (Å²) in [6.45, 7) is 0.813. The Balaban J connectivity index is 1.62. The van der Waals surface area contributed by atoms with E-state index in [-0.39, 0.29) is 11.9 Å². The Hall–Kier alpha value is -1.42. The van der Waals surface area contributed by atoms with Crippen LogP contribution in [0.5, 0.6) is 0 Å². The van der Waals surface area contributed by atoms with E-state index in [1.165, 1.54) is 44.9 Å². The monoisotopic (exact) mass is 301 g/mol. The Morgan fingerprint density at radius 1 is 1.05 bits per heavy atom. The summed E-state index contributed by atoms with van der Waals surface area (Å²) < 4.78 is 0. The zero-order valence-electron chi connectivity index (χ0n) is 13.3. The molecule has 1 saturated carbocycles. The standard InChI is InChI=1S/C18H27N3O/c22-18-17(20-15-8-4-2-1-3-5-9-15)11-7-13-21(18)16-10-6-12-19-14-16/h6,10,12,14-15,17,20H,1-5,7-9,11,13H2. The fourth-order valence-corrected chi connectivity index (χ4v) is 3.71. The number of nitrogens with zero attached hydrogens (tertiary/aromatic N) is 2. The molecule has 0 bridgehead atoms. The van der Waals surface area contributed by atoms with Gasteiger partial charge in [0.05, 0.1) is 17.9 Å². The summed E-state index contributed by atoms with van der Waals surface area (Å²) >= 11 is 0. The van der Waals surface area contributed by atoms with Gasteiger partial charge in [-0.25, -0.2) is 0 Å². The Morgan fingerprint density at radius 3 is 2.55 bits per heavy atom. The summed E-state index contributed by atoms with van der Waals surface area (Å²) in [5, 5.41) is 3.66. The summed E-state index contributed by atoms with van der Waals surface area (Å²) in [7, 11) is 0. The lowest BCUT2D eigenvalue weighted by Crippen LogP contribution is -2.53. The van der Waals surface area contributed by atoms with Crippen molar-refractivity contribution >= 4 is 11.6 Å². The maximum absolute atomic E-state index is 12.8. The van der Waals surface area contributed by atoms with Crippen molar-refractivity contribution in [3.8, 4) is 0 Å². The van der Waals surface area contributed by atoms with Crippen LogP contribution in [0.4, 0.5) is 5.69 Å². The number of carbonyl (C=O) groups is 1. The number of carbonyl (C=O) groups excluding carboxylic acids is 1. The average Bonchev–Trinajstić information content (AvgIpc) is 2.52. The van der Waals surface area contributed by atoms with Crippen LogP contribution in [0.15, 0.2) is 24.5 Å². The zero-order valence-corrected chi connectivity index (χ0v) is 13.3. The second-order valence-electron chi connectivity index (χ2n) is 6.60. The molecule has 1 amide bonds. The van der Waals surface area contributed by atoms with E-state index in [1.807, 2.05) is 17.0 Å². The molecular formula is C18H27N3O. The van der Waals surface area contributed by atoms with Gasteiger partial charge in [-0.05, 0) is 37.8 Å². The van der Waals surface area contributed by atoms with E-state index in [1.54, 1.807) is 12.4 Å². The van der Waals surface area contributed by atoms with E-state index < -0.39 is 0 Å². The van der Waals surface area contributed by atoms with E-state index >= 15 is 0 Å². The van der Waals surface area contributed by atoms with Gasteiger partial charge < -0.3 is 10.2 Å². The highest BCUT2D eigenvalue weighted by Gasteiger charge is 2.31. The minimum absolute atomic E-state index is 0.0154. The number of anilines is 1. The Labute approximate surface area is 133 Å². The van der Waals surface area contributed by atoms with Crippen molar-refractivity contribution in [2.75, 3.05) is 11.4 Å². The van der Waals surface area contributed by atoms with Crippen LogP contribution in [-0.2, 0) is 4.79 Å². The molecular weight excluding hydrogens is 274 g/mol. The fraction of sp³-hybridized carbons (Fsp3) is 0.667. The quantitative estimate of drug-likeness (QED) is 0.932. The molecule has 2 fully saturated rings. The van der Waals surface area contributed by atoms with Crippen molar-refractivity contribution in [1.82, 2.24) is 10.3 Å². The Bertz CT molecular complexity index is 468. The van der Waals surface area contributed by atoms with Gasteiger partial charge in [0.15, 0.2) is 0 Å². The van der Waals surface area contributed by atoms with Gasteiger partial charge in [-0.1, -0.05) is 32.1 Å². The SMILES string of the molecule is O=C1C(NC2CCCCCCC2)CCCN1c1cccnc1. The van der Waals surface area contributed by atoms with Crippen molar-refractivity contribution in [2.45, 2.75) is 69.9 Å². The first-order valence-corrected chi connectivity index (χ1v) is 8.82. The molecule has 1 atom stereocenters. The predicted octanol–water partition coefficient (Wildman–Crippen LogP) is 3.28. The van der Waals surface area contributed by atoms with E-state index in [0.717, 1.165) is 25.1 Å². The third-order valence-electron chi connectivity index (χ3n) is 4.94. The maximum Gasteiger partial charge on any atom is 0.244 e. The third-order valence-corrected chi connectivity index (χ3v) is 4.94. The highest BCUT2D eigenvalue weighted by atomic mass is 16.2. The van der Waals surface area contributed by atoms with E-state index in [2.05, 4.69) is 10.3 Å². The molecule has 1 aromatic heterocycles. The van der Waals surface area contributed by atoms with Crippen molar-refractivity contribution in [2.24, 2.45) is 0 Å². The molecule has 4 nitrogen and oxygen atoms in total. The second kappa shape index (κ2) is 7.73. The van der Waals surface area contributed by atoms with Crippen molar-refractivity contribution in [3.05, 3.63) is 24.5 Å². The first-order valence-electron chi connectivity index (χ1n) is 8.82. The van der Waals surface area contributed by atoms with Gasteiger partial charge in [0.1, 0.15) is 0 Å². The van der Waals surface area contributed by atoms with E-state index in [0.29, 0.717) is 6.04 Å². The molecule has 0 radical (unpaired) electrons. The molecule has 120 valence electrons. The summed E-state index contributed by atoms with van der Waals surface area (Å²) in [6, 6.07) is 4.37. The number of rotatable bonds is 3. The van der Waals surface area contributed by atoms with E-state index in [9.17, 15) is 4.79 Å². The molecule has 1 aliphatic heterocycles. The predicted molar refractivity (Wildman–Crippen MR) is 88.9 cm³/mol. The minimum Gasteiger partial charge on any atom is -0.310 e. The number of aromatic nitrogens is 1. The highest BCUT2D eigenvalue weighted by molar-refractivity contribution is 5.97. The molecule has 3 rings (SSSR count). The second-order valence-corrected chi connectivity index (χ2v) is 6.60. The van der Waals surface area contributed by atoms with Gasteiger partial charge in [-0.3, -0.25) is 9.78 Å².